The SMILES string of the molecule is C=CCOc1ccc(C(=O)N(C)Cc2nc(-c3ccc(Cl)cc3)no2)cc1. The van der Waals surface area contributed by atoms with Gasteiger partial charge in [0.25, 0.3) is 5.91 Å². The Kier molecular flexibility index (Phi) is 5.88. The summed E-state index contributed by atoms with van der Waals surface area (Å²) < 4.78 is 10.7. The number of benzene rings is 2. The fourth-order valence-electron chi connectivity index (χ4n) is 2.38. The molecule has 0 atom stereocenters. The first-order valence-electron chi connectivity index (χ1n) is 8.24. The van der Waals surface area contributed by atoms with Crippen LogP contribution in [0.15, 0.2) is 65.7 Å². The molecule has 2 aromatic carbocycles. The first-order chi connectivity index (χ1) is 13.1. The van der Waals surface area contributed by atoms with Crippen LogP contribution in [0.4, 0.5) is 0 Å². The first-order valence-corrected chi connectivity index (χ1v) is 8.62. The molecular weight excluding hydrogens is 366 g/mol. The molecule has 1 amide bonds. The van der Waals surface area contributed by atoms with Gasteiger partial charge in [0.15, 0.2) is 0 Å². The van der Waals surface area contributed by atoms with Crippen LogP contribution >= 0.6 is 11.6 Å². The summed E-state index contributed by atoms with van der Waals surface area (Å²) >= 11 is 5.88. The van der Waals surface area contributed by atoms with Gasteiger partial charge >= 0.3 is 0 Å². The first kappa shape index (κ1) is 18.7. The highest BCUT2D eigenvalue weighted by molar-refractivity contribution is 6.30. The van der Waals surface area contributed by atoms with E-state index in [0.29, 0.717) is 34.7 Å². The number of amides is 1. The standard InChI is InChI=1S/C20H18ClN3O3/c1-3-12-26-17-10-6-15(7-11-17)20(25)24(2)13-18-22-19(23-27-18)14-4-8-16(21)9-5-14/h3-11H,1,12-13H2,2H3. The third-order valence-corrected chi connectivity index (χ3v) is 4.01. The van der Waals surface area contributed by atoms with Gasteiger partial charge in [0.1, 0.15) is 12.4 Å². The van der Waals surface area contributed by atoms with Gasteiger partial charge in [0.05, 0.1) is 6.54 Å². The minimum atomic E-state index is -0.156. The van der Waals surface area contributed by atoms with Crippen LogP contribution in [-0.4, -0.2) is 34.6 Å². The molecular formula is C20H18ClN3O3. The van der Waals surface area contributed by atoms with Crippen LogP contribution in [0.2, 0.25) is 5.02 Å². The average Bonchev–Trinajstić information content (AvgIpc) is 3.15. The lowest BCUT2D eigenvalue weighted by Gasteiger charge is -2.15. The quantitative estimate of drug-likeness (QED) is 0.571. The summed E-state index contributed by atoms with van der Waals surface area (Å²) in [5, 5.41) is 4.58. The molecule has 7 heteroatoms. The van der Waals surface area contributed by atoms with Gasteiger partial charge in [0, 0.05) is 23.2 Å². The van der Waals surface area contributed by atoms with Crippen molar-refractivity contribution in [2.75, 3.05) is 13.7 Å². The Balaban J connectivity index is 1.64. The lowest BCUT2D eigenvalue weighted by atomic mass is 10.2. The van der Waals surface area contributed by atoms with E-state index in [9.17, 15) is 4.79 Å². The molecule has 1 aromatic heterocycles. The van der Waals surface area contributed by atoms with Gasteiger partial charge in [0.2, 0.25) is 11.7 Å². The Morgan fingerprint density at radius 1 is 1.22 bits per heavy atom. The summed E-state index contributed by atoms with van der Waals surface area (Å²) in [6.45, 7) is 4.22. The molecule has 3 aromatic rings. The maximum atomic E-state index is 12.6. The van der Waals surface area contributed by atoms with Crippen LogP contribution in [0.1, 0.15) is 16.2 Å². The van der Waals surface area contributed by atoms with Gasteiger partial charge in [-0.25, -0.2) is 0 Å². The fraction of sp³-hybridized carbons (Fsp3) is 0.150. The minimum absolute atomic E-state index is 0.156. The van der Waals surface area contributed by atoms with Crippen molar-refractivity contribution in [1.82, 2.24) is 15.0 Å². The number of nitrogens with zero attached hydrogens (tertiary/aromatic N) is 3. The zero-order chi connectivity index (χ0) is 19.2. The molecule has 0 aliphatic carbocycles. The fourth-order valence-corrected chi connectivity index (χ4v) is 2.51. The molecule has 0 N–H and O–H groups in total. The molecule has 3 rings (SSSR count). The molecule has 27 heavy (non-hydrogen) atoms. The molecule has 0 saturated heterocycles. The largest absolute Gasteiger partial charge is 0.490 e. The highest BCUT2D eigenvalue weighted by Crippen LogP contribution is 2.19. The number of aromatic nitrogens is 2. The van der Waals surface area contributed by atoms with E-state index in [4.69, 9.17) is 20.9 Å². The van der Waals surface area contributed by atoms with Crippen molar-refractivity contribution in [2.45, 2.75) is 6.54 Å². The van der Waals surface area contributed by atoms with E-state index in [2.05, 4.69) is 16.7 Å². The van der Waals surface area contributed by atoms with E-state index in [-0.39, 0.29) is 12.5 Å². The van der Waals surface area contributed by atoms with Crippen LogP contribution in [0.5, 0.6) is 5.75 Å². The second-order valence-corrected chi connectivity index (χ2v) is 6.24. The highest BCUT2D eigenvalue weighted by Gasteiger charge is 2.16. The third-order valence-electron chi connectivity index (χ3n) is 3.76. The monoisotopic (exact) mass is 383 g/mol. The predicted molar refractivity (Wildman–Crippen MR) is 103 cm³/mol. The summed E-state index contributed by atoms with van der Waals surface area (Å²) in [5.74, 6) is 1.32. The number of hydrogen-bond acceptors (Lipinski definition) is 5. The number of carbonyl (C=O) groups is 1. The molecule has 0 radical (unpaired) electrons. The number of hydrogen-bond donors (Lipinski definition) is 0. The van der Waals surface area contributed by atoms with Crippen LogP contribution in [-0.2, 0) is 6.54 Å². The zero-order valence-electron chi connectivity index (χ0n) is 14.8. The lowest BCUT2D eigenvalue weighted by molar-refractivity contribution is 0.0769. The molecule has 0 saturated carbocycles. The maximum absolute atomic E-state index is 12.6. The molecule has 0 bridgehead atoms. The van der Waals surface area contributed by atoms with Gasteiger partial charge in [-0.3, -0.25) is 4.79 Å². The average molecular weight is 384 g/mol. The number of rotatable bonds is 7. The van der Waals surface area contributed by atoms with E-state index in [1.165, 1.54) is 4.90 Å². The molecule has 0 aliphatic rings. The van der Waals surface area contributed by atoms with E-state index >= 15 is 0 Å². The van der Waals surface area contributed by atoms with Crippen molar-refractivity contribution in [2.24, 2.45) is 0 Å². The van der Waals surface area contributed by atoms with Crippen LogP contribution in [0.25, 0.3) is 11.4 Å². The zero-order valence-corrected chi connectivity index (χ0v) is 15.5. The van der Waals surface area contributed by atoms with Gasteiger partial charge in [-0.15, -0.1) is 0 Å². The Labute approximate surface area is 162 Å². The Morgan fingerprint density at radius 2 is 1.93 bits per heavy atom. The smallest absolute Gasteiger partial charge is 0.254 e. The van der Waals surface area contributed by atoms with Gasteiger partial charge in [-0.05, 0) is 48.5 Å². The van der Waals surface area contributed by atoms with E-state index in [0.717, 1.165) is 5.56 Å². The molecule has 6 nitrogen and oxygen atoms in total. The van der Waals surface area contributed by atoms with E-state index < -0.39 is 0 Å². The molecule has 1 heterocycles. The summed E-state index contributed by atoms with van der Waals surface area (Å²) in [7, 11) is 1.68. The summed E-state index contributed by atoms with van der Waals surface area (Å²) in [6, 6.07) is 14.0. The third kappa shape index (κ3) is 4.74. The number of ether oxygens (including phenoxy) is 1. The Hall–Kier alpha value is -3.12. The van der Waals surface area contributed by atoms with Crippen LogP contribution in [0, 0.1) is 0 Å². The van der Waals surface area contributed by atoms with E-state index in [1.807, 2.05) is 12.1 Å². The Morgan fingerprint density at radius 3 is 2.59 bits per heavy atom. The molecule has 0 fully saturated rings. The van der Waals surface area contributed by atoms with Crippen LogP contribution < -0.4 is 4.74 Å². The summed E-state index contributed by atoms with van der Waals surface area (Å²) in [4.78, 5) is 18.4. The topological polar surface area (TPSA) is 68.5 Å². The minimum Gasteiger partial charge on any atom is -0.490 e. The van der Waals surface area contributed by atoms with Crippen molar-refractivity contribution >= 4 is 17.5 Å². The molecule has 0 spiro atoms. The van der Waals surface area contributed by atoms with E-state index in [1.54, 1.807) is 49.5 Å². The van der Waals surface area contributed by atoms with Gasteiger partial charge in [-0.1, -0.05) is 29.4 Å². The summed E-state index contributed by atoms with van der Waals surface area (Å²) in [6.07, 6.45) is 1.66. The van der Waals surface area contributed by atoms with Gasteiger partial charge in [-0.2, -0.15) is 4.98 Å². The maximum Gasteiger partial charge on any atom is 0.254 e. The Bertz CT molecular complexity index is 920. The van der Waals surface area contributed by atoms with Gasteiger partial charge < -0.3 is 14.2 Å². The molecule has 0 aliphatic heterocycles. The second kappa shape index (κ2) is 8.51. The normalized spacial score (nSPS) is 10.4. The molecule has 138 valence electrons. The van der Waals surface area contributed by atoms with Crippen molar-refractivity contribution in [3.8, 4) is 17.1 Å². The highest BCUT2D eigenvalue weighted by atomic mass is 35.5. The summed E-state index contributed by atoms with van der Waals surface area (Å²) in [5.41, 5.74) is 1.33. The van der Waals surface area contributed by atoms with Crippen molar-refractivity contribution in [3.63, 3.8) is 0 Å². The van der Waals surface area contributed by atoms with Crippen molar-refractivity contribution in [3.05, 3.63) is 77.7 Å². The number of carbonyl (C=O) groups excluding carboxylic acids is 1. The van der Waals surface area contributed by atoms with Crippen LogP contribution in [0.3, 0.4) is 0 Å². The number of halogens is 1. The van der Waals surface area contributed by atoms with Crippen molar-refractivity contribution < 1.29 is 14.1 Å². The van der Waals surface area contributed by atoms with Crippen molar-refractivity contribution in [1.29, 1.82) is 0 Å². The lowest BCUT2D eigenvalue weighted by Crippen LogP contribution is -2.26. The second-order valence-electron chi connectivity index (χ2n) is 5.80. The predicted octanol–water partition coefficient (Wildman–Crippen LogP) is 4.23. The molecule has 0 unspecified atom stereocenters.